The summed E-state index contributed by atoms with van der Waals surface area (Å²) >= 11 is 0. The van der Waals surface area contributed by atoms with Crippen LogP contribution in [0.5, 0.6) is 0 Å². The molecule has 1 aromatic rings. The highest BCUT2D eigenvalue weighted by Gasteiger charge is 2.46. The molecule has 2 fully saturated rings. The molecule has 2 saturated heterocycles. The number of aryl methyl sites for hydroxylation is 2. The minimum atomic E-state index is -0.821. The summed E-state index contributed by atoms with van der Waals surface area (Å²) in [6, 6.07) is 2.23. The van der Waals surface area contributed by atoms with Gasteiger partial charge in [-0.1, -0.05) is 0 Å². The summed E-state index contributed by atoms with van der Waals surface area (Å²) < 4.78 is 0. The van der Waals surface area contributed by atoms with E-state index in [1.54, 1.807) is 4.90 Å². The third kappa shape index (κ3) is 2.43. The summed E-state index contributed by atoms with van der Waals surface area (Å²) in [5.74, 6) is 1.13. The average molecular weight is 290 g/mol. The van der Waals surface area contributed by atoms with Gasteiger partial charge in [-0.15, -0.1) is 0 Å². The number of aromatic nitrogens is 2. The summed E-state index contributed by atoms with van der Waals surface area (Å²) in [6.07, 6.45) is 1.32. The zero-order valence-corrected chi connectivity index (χ0v) is 12.8. The third-order valence-electron chi connectivity index (χ3n) is 4.80. The monoisotopic (exact) mass is 290 g/mol. The van der Waals surface area contributed by atoms with Crippen molar-refractivity contribution in [2.24, 2.45) is 5.92 Å². The average Bonchev–Trinajstić information content (AvgIpc) is 2.75. The van der Waals surface area contributed by atoms with Crippen LogP contribution in [0.4, 0.5) is 10.7 Å². The molecule has 3 rings (SSSR count). The molecule has 21 heavy (non-hydrogen) atoms. The molecule has 6 heteroatoms. The molecule has 3 atom stereocenters. The lowest BCUT2D eigenvalue weighted by Crippen LogP contribution is -2.46. The first-order valence-corrected chi connectivity index (χ1v) is 7.56. The molecule has 2 aliphatic rings. The zero-order chi connectivity index (χ0) is 15.1. The summed E-state index contributed by atoms with van der Waals surface area (Å²) in [4.78, 5) is 24.3. The zero-order valence-electron chi connectivity index (χ0n) is 12.8. The van der Waals surface area contributed by atoms with Gasteiger partial charge in [0.2, 0.25) is 5.95 Å². The predicted octanol–water partition coefficient (Wildman–Crippen LogP) is 2.06. The molecule has 3 heterocycles. The lowest BCUT2D eigenvalue weighted by atomic mass is 9.88. The van der Waals surface area contributed by atoms with Crippen molar-refractivity contribution in [2.45, 2.75) is 45.7 Å². The molecule has 2 unspecified atom stereocenters. The fraction of sp³-hybridized carbons (Fsp3) is 0.667. The van der Waals surface area contributed by atoms with Crippen molar-refractivity contribution in [1.82, 2.24) is 14.9 Å². The largest absolute Gasteiger partial charge is 0.465 e. The van der Waals surface area contributed by atoms with Crippen molar-refractivity contribution in [3.8, 4) is 0 Å². The smallest absolute Gasteiger partial charge is 0.407 e. The van der Waals surface area contributed by atoms with Crippen LogP contribution in [0.15, 0.2) is 6.07 Å². The van der Waals surface area contributed by atoms with Crippen LogP contribution in [0.25, 0.3) is 0 Å². The van der Waals surface area contributed by atoms with Crippen molar-refractivity contribution in [2.75, 3.05) is 18.0 Å². The van der Waals surface area contributed by atoms with Crippen molar-refractivity contribution < 1.29 is 9.90 Å². The molecule has 0 spiro atoms. The van der Waals surface area contributed by atoms with Crippen LogP contribution >= 0.6 is 0 Å². The Morgan fingerprint density at radius 3 is 2.62 bits per heavy atom. The number of anilines is 1. The van der Waals surface area contributed by atoms with Crippen molar-refractivity contribution in [1.29, 1.82) is 0 Å². The number of fused-ring (bicyclic) bond motifs is 1. The molecule has 0 aliphatic carbocycles. The standard InChI is InChI=1S/C15H22N4O2/c1-9-7-10(2)17-14(16-9)18-6-4-5-12-11(3)19(15(20)21)8-13(12)18/h7,11-13H,4-6,8H2,1-3H3,(H,20,21)/t11?,12-,13?/m1/s1. The molecule has 0 saturated carbocycles. The maximum Gasteiger partial charge on any atom is 0.407 e. The number of likely N-dealkylation sites (tertiary alicyclic amines) is 1. The Balaban J connectivity index is 1.91. The number of amides is 1. The summed E-state index contributed by atoms with van der Waals surface area (Å²) in [5.41, 5.74) is 1.92. The van der Waals surface area contributed by atoms with E-state index in [1.165, 1.54) is 0 Å². The molecular formula is C15H22N4O2. The van der Waals surface area contributed by atoms with Gasteiger partial charge in [-0.25, -0.2) is 14.8 Å². The van der Waals surface area contributed by atoms with Gasteiger partial charge in [0.15, 0.2) is 0 Å². The van der Waals surface area contributed by atoms with Gasteiger partial charge in [0.05, 0.1) is 6.04 Å². The Morgan fingerprint density at radius 2 is 2.00 bits per heavy atom. The van der Waals surface area contributed by atoms with Crippen molar-refractivity contribution >= 4 is 12.0 Å². The maximum atomic E-state index is 11.4. The molecule has 0 aromatic carbocycles. The van der Waals surface area contributed by atoms with E-state index < -0.39 is 6.09 Å². The first kappa shape index (κ1) is 14.1. The lowest BCUT2D eigenvalue weighted by molar-refractivity contribution is 0.138. The number of hydrogen-bond donors (Lipinski definition) is 1. The van der Waals surface area contributed by atoms with Gasteiger partial charge in [-0.3, -0.25) is 0 Å². The van der Waals surface area contributed by atoms with Crippen LogP contribution < -0.4 is 4.90 Å². The number of carboxylic acid groups (broad SMARTS) is 1. The van der Waals surface area contributed by atoms with Crippen molar-refractivity contribution in [3.05, 3.63) is 17.5 Å². The van der Waals surface area contributed by atoms with Gasteiger partial charge in [0.25, 0.3) is 0 Å². The van der Waals surface area contributed by atoms with E-state index in [9.17, 15) is 9.90 Å². The van der Waals surface area contributed by atoms with Gasteiger partial charge in [-0.05, 0) is 39.7 Å². The Hall–Kier alpha value is -1.85. The Kier molecular flexibility index (Phi) is 3.47. The highest BCUT2D eigenvalue weighted by molar-refractivity contribution is 5.66. The van der Waals surface area contributed by atoms with Crippen LogP contribution in [0.2, 0.25) is 0 Å². The number of piperidine rings is 1. The van der Waals surface area contributed by atoms with Crippen LogP contribution in [-0.4, -0.2) is 51.2 Å². The molecule has 1 amide bonds. The molecule has 0 bridgehead atoms. The normalized spacial score (nSPS) is 28.6. The minimum Gasteiger partial charge on any atom is -0.465 e. The van der Waals surface area contributed by atoms with Crippen LogP contribution in [0.3, 0.4) is 0 Å². The first-order valence-electron chi connectivity index (χ1n) is 7.56. The van der Waals surface area contributed by atoms with Gasteiger partial charge in [-0.2, -0.15) is 0 Å². The van der Waals surface area contributed by atoms with Gasteiger partial charge in [0.1, 0.15) is 0 Å². The molecule has 1 aromatic heterocycles. The Bertz CT molecular complexity index is 542. The topological polar surface area (TPSA) is 69.6 Å². The van der Waals surface area contributed by atoms with E-state index >= 15 is 0 Å². The second kappa shape index (κ2) is 5.16. The van der Waals surface area contributed by atoms with E-state index in [0.717, 1.165) is 36.7 Å². The highest BCUT2D eigenvalue weighted by Crippen LogP contribution is 2.36. The van der Waals surface area contributed by atoms with E-state index in [1.807, 2.05) is 26.8 Å². The molecule has 114 valence electrons. The van der Waals surface area contributed by atoms with Crippen LogP contribution in [-0.2, 0) is 0 Å². The second-order valence-corrected chi connectivity index (χ2v) is 6.19. The summed E-state index contributed by atoms with van der Waals surface area (Å²) in [6.45, 7) is 7.42. The molecule has 1 N–H and O–H groups in total. The molecule has 6 nitrogen and oxygen atoms in total. The minimum absolute atomic E-state index is 0.0706. The van der Waals surface area contributed by atoms with Gasteiger partial charge in [0, 0.05) is 36.4 Å². The fourth-order valence-corrected chi connectivity index (χ4v) is 3.82. The quantitative estimate of drug-likeness (QED) is 0.857. The number of nitrogens with zero attached hydrogens (tertiary/aromatic N) is 4. The SMILES string of the molecule is Cc1cc(C)nc(N2CCC[C@@H]3C(C)N(C(=O)O)CC32)n1. The fourth-order valence-electron chi connectivity index (χ4n) is 3.82. The Labute approximate surface area is 124 Å². The van der Waals surface area contributed by atoms with Crippen LogP contribution in [0.1, 0.15) is 31.2 Å². The van der Waals surface area contributed by atoms with Crippen LogP contribution in [0, 0.1) is 19.8 Å². The van der Waals surface area contributed by atoms with Gasteiger partial charge >= 0.3 is 6.09 Å². The number of rotatable bonds is 1. The third-order valence-corrected chi connectivity index (χ3v) is 4.80. The van der Waals surface area contributed by atoms with Gasteiger partial charge < -0.3 is 14.9 Å². The summed E-state index contributed by atoms with van der Waals surface area (Å²) in [7, 11) is 0. The lowest BCUT2D eigenvalue weighted by Gasteiger charge is -2.37. The molecule has 2 aliphatic heterocycles. The molecular weight excluding hydrogens is 268 g/mol. The number of hydrogen-bond acceptors (Lipinski definition) is 4. The van der Waals surface area contributed by atoms with E-state index in [4.69, 9.17) is 0 Å². The maximum absolute atomic E-state index is 11.4. The Morgan fingerprint density at radius 1 is 1.33 bits per heavy atom. The predicted molar refractivity (Wildman–Crippen MR) is 79.6 cm³/mol. The van der Waals surface area contributed by atoms with E-state index in [0.29, 0.717) is 12.5 Å². The summed E-state index contributed by atoms with van der Waals surface area (Å²) in [5, 5.41) is 9.35. The molecule has 0 radical (unpaired) electrons. The number of carbonyl (C=O) groups is 1. The second-order valence-electron chi connectivity index (χ2n) is 6.19. The van der Waals surface area contributed by atoms with E-state index in [2.05, 4.69) is 14.9 Å². The van der Waals surface area contributed by atoms with E-state index in [-0.39, 0.29) is 12.1 Å². The van der Waals surface area contributed by atoms with Crippen molar-refractivity contribution in [3.63, 3.8) is 0 Å². The first-order chi connectivity index (χ1) is 9.97. The highest BCUT2D eigenvalue weighted by atomic mass is 16.4.